The van der Waals surface area contributed by atoms with Crippen molar-refractivity contribution in [3.63, 3.8) is 0 Å². The Bertz CT molecular complexity index is 1090. The molecule has 6 heteroatoms. The highest BCUT2D eigenvalue weighted by Crippen LogP contribution is 2.36. The summed E-state index contributed by atoms with van der Waals surface area (Å²) in [5.41, 5.74) is 13.7. The van der Waals surface area contributed by atoms with Gasteiger partial charge in [0.25, 0.3) is 0 Å². The van der Waals surface area contributed by atoms with Gasteiger partial charge < -0.3 is 21.3 Å². The lowest BCUT2D eigenvalue weighted by Crippen LogP contribution is -2.05. The lowest BCUT2D eigenvalue weighted by molar-refractivity contribution is 0.220. The number of rotatable bonds is 4. The number of anilines is 2. The predicted molar refractivity (Wildman–Crippen MR) is 105 cm³/mol. The number of nitrogen functional groups attached to an aromatic ring is 2. The van der Waals surface area contributed by atoms with Crippen LogP contribution in [0, 0.1) is 0 Å². The fraction of sp³-hybridized carbons (Fsp3) is 0.0476. The van der Waals surface area contributed by atoms with Crippen molar-refractivity contribution in [2.24, 2.45) is 0 Å². The maximum Gasteiger partial charge on any atom is 0.222 e. The van der Waals surface area contributed by atoms with Gasteiger partial charge in [-0.25, -0.2) is 4.98 Å². The number of hydrogen-bond donors (Lipinski definition) is 3. The van der Waals surface area contributed by atoms with Crippen LogP contribution in [-0.4, -0.2) is 15.1 Å². The Labute approximate surface area is 156 Å². The second-order valence-corrected chi connectivity index (χ2v) is 6.11. The van der Waals surface area contributed by atoms with E-state index in [1.807, 2.05) is 60.7 Å². The van der Waals surface area contributed by atoms with Gasteiger partial charge in [0.15, 0.2) is 0 Å². The molecule has 0 spiro atoms. The molecule has 0 aliphatic heterocycles. The lowest BCUT2D eigenvalue weighted by atomic mass is 9.99. The molecule has 0 bridgehead atoms. The van der Waals surface area contributed by atoms with Crippen LogP contribution < -0.4 is 16.2 Å². The molecule has 1 unspecified atom stereocenters. The van der Waals surface area contributed by atoms with Gasteiger partial charge in [-0.05, 0) is 35.4 Å². The van der Waals surface area contributed by atoms with Crippen molar-refractivity contribution in [3.8, 4) is 11.5 Å². The Morgan fingerprint density at radius 2 is 1.48 bits per heavy atom. The summed E-state index contributed by atoms with van der Waals surface area (Å²) in [6, 6.07) is 22.2. The molecule has 0 aliphatic rings. The van der Waals surface area contributed by atoms with E-state index in [9.17, 15) is 5.11 Å². The topological polar surface area (TPSA) is 107 Å². The minimum Gasteiger partial charge on any atom is -0.457 e. The molecule has 4 aromatic rings. The van der Waals surface area contributed by atoms with Crippen molar-refractivity contribution < 1.29 is 9.84 Å². The number of aliphatic hydroxyl groups excluding tert-OH is 1. The zero-order valence-electron chi connectivity index (χ0n) is 14.4. The van der Waals surface area contributed by atoms with Crippen molar-refractivity contribution >= 4 is 22.7 Å². The zero-order valence-corrected chi connectivity index (χ0v) is 14.4. The Morgan fingerprint density at radius 1 is 0.815 bits per heavy atom. The standard InChI is InChI=1S/C21H18N4O2/c22-20-18-16(24-21(23)25-20)11-14(19(26)13-7-3-1-4-8-13)12-17(18)27-15-9-5-2-6-10-15/h1-12,19,26H,(H4,22,23,24,25). The zero-order chi connectivity index (χ0) is 18.8. The number of nitrogens with zero attached hydrogens (tertiary/aromatic N) is 2. The third kappa shape index (κ3) is 3.38. The maximum atomic E-state index is 10.8. The van der Waals surface area contributed by atoms with Crippen LogP contribution in [0.25, 0.3) is 10.9 Å². The minimum atomic E-state index is -0.842. The molecule has 27 heavy (non-hydrogen) atoms. The summed E-state index contributed by atoms with van der Waals surface area (Å²) in [6.45, 7) is 0. The molecule has 5 N–H and O–H groups in total. The van der Waals surface area contributed by atoms with Crippen LogP contribution in [0.1, 0.15) is 17.2 Å². The van der Waals surface area contributed by atoms with E-state index in [0.717, 1.165) is 5.56 Å². The van der Waals surface area contributed by atoms with Gasteiger partial charge in [0, 0.05) is 0 Å². The average Bonchev–Trinajstić information content (AvgIpc) is 2.68. The molecule has 134 valence electrons. The predicted octanol–water partition coefficient (Wildman–Crippen LogP) is 3.67. The number of benzene rings is 3. The number of ether oxygens (including phenoxy) is 1. The monoisotopic (exact) mass is 358 g/mol. The molecule has 0 aliphatic carbocycles. The van der Waals surface area contributed by atoms with Crippen molar-refractivity contribution in [3.05, 3.63) is 83.9 Å². The average molecular weight is 358 g/mol. The summed E-state index contributed by atoms with van der Waals surface area (Å²) in [6.07, 6.45) is -0.842. The largest absolute Gasteiger partial charge is 0.457 e. The highest BCUT2D eigenvalue weighted by Gasteiger charge is 2.17. The van der Waals surface area contributed by atoms with E-state index in [0.29, 0.717) is 28.0 Å². The van der Waals surface area contributed by atoms with Crippen molar-refractivity contribution in [2.45, 2.75) is 6.10 Å². The van der Waals surface area contributed by atoms with Gasteiger partial charge in [0.1, 0.15) is 23.4 Å². The molecule has 0 saturated carbocycles. The number of aromatic nitrogens is 2. The van der Waals surface area contributed by atoms with E-state index < -0.39 is 6.10 Å². The third-order valence-corrected chi connectivity index (χ3v) is 4.23. The number of para-hydroxylation sites is 1. The van der Waals surface area contributed by atoms with Crippen LogP contribution in [0.4, 0.5) is 11.8 Å². The van der Waals surface area contributed by atoms with Gasteiger partial charge in [-0.15, -0.1) is 0 Å². The molecule has 0 saturated heterocycles. The molecule has 0 radical (unpaired) electrons. The van der Waals surface area contributed by atoms with E-state index in [-0.39, 0.29) is 11.8 Å². The summed E-state index contributed by atoms with van der Waals surface area (Å²) in [7, 11) is 0. The van der Waals surface area contributed by atoms with Crippen molar-refractivity contribution in [2.75, 3.05) is 11.5 Å². The van der Waals surface area contributed by atoms with E-state index in [4.69, 9.17) is 16.2 Å². The molecule has 0 fully saturated rings. The molecule has 6 nitrogen and oxygen atoms in total. The first-order valence-electron chi connectivity index (χ1n) is 8.44. The van der Waals surface area contributed by atoms with Crippen LogP contribution in [0.15, 0.2) is 72.8 Å². The van der Waals surface area contributed by atoms with Gasteiger partial charge in [-0.1, -0.05) is 48.5 Å². The molecule has 1 atom stereocenters. The quantitative estimate of drug-likeness (QED) is 0.514. The van der Waals surface area contributed by atoms with Crippen molar-refractivity contribution in [1.29, 1.82) is 0 Å². The number of hydrogen-bond acceptors (Lipinski definition) is 6. The van der Waals surface area contributed by atoms with Gasteiger partial charge >= 0.3 is 0 Å². The normalized spacial score (nSPS) is 12.0. The SMILES string of the molecule is Nc1nc(N)c2c(Oc3ccccc3)cc(C(O)c3ccccc3)cc2n1. The Balaban J connectivity index is 1.88. The van der Waals surface area contributed by atoms with Gasteiger partial charge in [-0.2, -0.15) is 4.98 Å². The van der Waals surface area contributed by atoms with Crippen LogP contribution in [0.3, 0.4) is 0 Å². The van der Waals surface area contributed by atoms with Crippen LogP contribution in [0.2, 0.25) is 0 Å². The number of fused-ring (bicyclic) bond motifs is 1. The van der Waals surface area contributed by atoms with Crippen LogP contribution in [-0.2, 0) is 0 Å². The summed E-state index contributed by atoms with van der Waals surface area (Å²) >= 11 is 0. The summed E-state index contributed by atoms with van der Waals surface area (Å²) in [4.78, 5) is 8.31. The van der Waals surface area contributed by atoms with E-state index in [1.54, 1.807) is 12.1 Å². The molecule has 0 amide bonds. The Morgan fingerprint density at radius 3 is 2.19 bits per heavy atom. The van der Waals surface area contributed by atoms with Crippen LogP contribution in [0.5, 0.6) is 11.5 Å². The highest BCUT2D eigenvalue weighted by atomic mass is 16.5. The summed E-state index contributed by atoms with van der Waals surface area (Å²) in [5, 5.41) is 11.4. The molecular formula is C21H18N4O2. The minimum absolute atomic E-state index is 0.0667. The fourth-order valence-corrected chi connectivity index (χ4v) is 2.98. The van der Waals surface area contributed by atoms with Gasteiger partial charge in [0.2, 0.25) is 5.95 Å². The second kappa shape index (κ2) is 6.93. The first-order chi connectivity index (χ1) is 13.1. The molecule has 4 rings (SSSR count). The Kier molecular flexibility index (Phi) is 4.32. The molecular weight excluding hydrogens is 340 g/mol. The second-order valence-electron chi connectivity index (χ2n) is 6.11. The molecule has 3 aromatic carbocycles. The molecule has 1 heterocycles. The first-order valence-corrected chi connectivity index (χ1v) is 8.44. The fourth-order valence-electron chi connectivity index (χ4n) is 2.98. The van der Waals surface area contributed by atoms with E-state index in [1.165, 1.54) is 0 Å². The highest BCUT2D eigenvalue weighted by molar-refractivity contribution is 5.95. The Hall–Kier alpha value is -3.64. The van der Waals surface area contributed by atoms with Gasteiger partial charge in [0.05, 0.1) is 10.9 Å². The maximum absolute atomic E-state index is 10.8. The van der Waals surface area contributed by atoms with E-state index >= 15 is 0 Å². The lowest BCUT2D eigenvalue weighted by Gasteiger charge is -2.16. The number of aliphatic hydroxyl groups is 1. The smallest absolute Gasteiger partial charge is 0.222 e. The number of nitrogens with two attached hydrogens (primary N) is 2. The first kappa shape index (κ1) is 16.8. The van der Waals surface area contributed by atoms with E-state index in [2.05, 4.69) is 9.97 Å². The summed E-state index contributed by atoms with van der Waals surface area (Å²) in [5.74, 6) is 1.39. The third-order valence-electron chi connectivity index (χ3n) is 4.23. The van der Waals surface area contributed by atoms with Gasteiger partial charge in [-0.3, -0.25) is 0 Å². The van der Waals surface area contributed by atoms with Crippen LogP contribution >= 0.6 is 0 Å². The van der Waals surface area contributed by atoms with Crippen molar-refractivity contribution in [1.82, 2.24) is 9.97 Å². The summed E-state index contributed by atoms with van der Waals surface area (Å²) < 4.78 is 6.03. The molecule has 1 aromatic heterocycles.